The molecule has 18 heavy (non-hydrogen) atoms. The first-order chi connectivity index (χ1) is 8.49. The number of hydrogen-bond donors (Lipinski definition) is 1. The molecule has 2 aromatic heterocycles. The van der Waals surface area contributed by atoms with Crippen molar-refractivity contribution in [1.29, 1.82) is 0 Å². The summed E-state index contributed by atoms with van der Waals surface area (Å²) in [4.78, 5) is 24.4. The van der Waals surface area contributed by atoms with E-state index in [1.807, 2.05) is 0 Å². The van der Waals surface area contributed by atoms with Crippen LogP contribution in [0.3, 0.4) is 0 Å². The van der Waals surface area contributed by atoms with E-state index in [2.05, 4.69) is 10.1 Å². The van der Waals surface area contributed by atoms with Crippen LogP contribution in [0.2, 0.25) is 5.02 Å². The minimum atomic E-state index is -1.16. The Labute approximate surface area is 105 Å². The summed E-state index contributed by atoms with van der Waals surface area (Å²) in [5.74, 6) is -1.04. The molecule has 0 saturated heterocycles. The van der Waals surface area contributed by atoms with E-state index in [-0.39, 0.29) is 22.1 Å². The Morgan fingerprint density at radius 2 is 2.22 bits per heavy atom. The fraction of sp³-hybridized carbons (Fsp3) is 0. The second-order valence-corrected chi connectivity index (χ2v) is 3.64. The maximum absolute atomic E-state index is 10.7. The van der Waals surface area contributed by atoms with Crippen LogP contribution in [-0.2, 0) is 0 Å². The Morgan fingerprint density at radius 1 is 1.50 bits per heavy atom. The molecule has 0 aromatic carbocycles. The molecule has 92 valence electrons. The van der Waals surface area contributed by atoms with Crippen LogP contribution >= 0.6 is 11.6 Å². The molecule has 0 amide bonds. The van der Waals surface area contributed by atoms with Gasteiger partial charge in [0.2, 0.25) is 0 Å². The maximum atomic E-state index is 10.7. The number of aromatic carboxylic acids is 1. The summed E-state index contributed by atoms with van der Waals surface area (Å²) in [6.45, 7) is 0. The van der Waals surface area contributed by atoms with Gasteiger partial charge in [-0.3, -0.25) is 10.1 Å². The summed E-state index contributed by atoms with van der Waals surface area (Å²) in [5.41, 5.74) is -0.291. The number of carbonyl (C=O) groups is 1. The maximum Gasteiger partial charge on any atom is 0.337 e. The van der Waals surface area contributed by atoms with Gasteiger partial charge in [0.1, 0.15) is 12.4 Å². The molecule has 0 unspecified atom stereocenters. The zero-order valence-electron chi connectivity index (χ0n) is 8.65. The molecule has 0 aliphatic heterocycles. The van der Waals surface area contributed by atoms with Gasteiger partial charge in [0.05, 0.1) is 15.5 Å². The number of nitrogens with zero attached hydrogens (tertiary/aromatic N) is 4. The van der Waals surface area contributed by atoms with Crippen molar-refractivity contribution in [3.8, 4) is 5.82 Å². The van der Waals surface area contributed by atoms with E-state index < -0.39 is 10.9 Å². The highest BCUT2D eigenvalue weighted by atomic mass is 35.5. The molecule has 0 atom stereocenters. The van der Waals surface area contributed by atoms with Crippen molar-refractivity contribution in [2.45, 2.75) is 0 Å². The van der Waals surface area contributed by atoms with Crippen LogP contribution in [-0.4, -0.2) is 30.8 Å². The average Bonchev–Trinajstić information content (AvgIpc) is 2.78. The summed E-state index contributed by atoms with van der Waals surface area (Å²) in [7, 11) is 0. The number of rotatable bonds is 3. The fourth-order valence-corrected chi connectivity index (χ4v) is 1.49. The van der Waals surface area contributed by atoms with E-state index in [0.29, 0.717) is 0 Å². The smallest absolute Gasteiger partial charge is 0.337 e. The normalized spacial score (nSPS) is 10.3. The number of hydrogen-bond acceptors (Lipinski definition) is 5. The van der Waals surface area contributed by atoms with Crippen LogP contribution in [0.25, 0.3) is 5.82 Å². The first kappa shape index (κ1) is 12.0. The van der Waals surface area contributed by atoms with Crippen molar-refractivity contribution in [2.24, 2.45) is 0 Å². The van der Waals surface area contributed by atoms with E-state index in [1.54, 1.807) is 0 Å². The van der Waals surface area contributed by atoms with Gasteiger partial charge in [-0.2, -0.15) is 5.10 Å². The predicted octanol–water partition coefficient (Wildman–Crippen LogP) is 1.53. The van der Waals surface area contributed by atoms with Gasteiger partial charge in [0, 0.05) is 6.20 Å². The lowest BCUT2D eigenvalue weighted by atomic mass is 10.3. The third kappa shape index (κ3) is 2.13. The third-order valence-corrected chi connectivity index (χ3v) is 2.34. The number of pyridine rings is 1. The number of carboxylic acids is 1. The zero-order valence-corrected chi connectivity index (χ0v) is 9.40. The highest BCUT2D eigenvalue weighted by Crippen LogP contribution is 2.20. The predicted molar refractivity (Wildman–Crippen MR) is 60.0 cm³/mol. The molecule has 8 nitrogen and oxygen atoms in total. The average molecular weight is 269 g/mol. The lowest BCUT2D eigenvalue weighted by Gasteiger charge is -2.02. The number of nitro groups is 1. The molecular formula is C9H5ClN4O4. The highest BCUT2D eigenvalue weighted by Gasteiger charge is 2.14. The molecule has 2 heterocycles. The van der Waals surface area contributed by atoms with Gasteiger partial charge >= 0.3 is 11.7 Å². The van der Waals surface area contributed by atoms with E-state index >= 15 is 0 Å². The zero-order chi connectivity index (χ0) is 13.3. The van der Waals surface area contributed by atoms with E-state index in [9.17, 15) is 14.9 Å². The van der Waals surface area contributed by atoms with Gasteiger partial charge in [0.25, 0.3) is 0 Å². The van der Waals surface area contributed by atoms with Gasteiger partial charge in [-0.15, -0.1) is 0 Å². The number of aromatic nitrogens is 3. The molecule has 0 aliphatic carbocycles. The first-order valence-corrected chi connectivity index (χ1v) is 4.95. The van der Waals surface area contributed by atoms with Crippen molar-refractivity contribution in [3.05, 3.63) is 45.4 Å². The summed E-state index contributed by atoms with van der Waals surface area (Å²) in [6, 6.07) is 1.19. The minimum absolute atomic E-state index is 0.0351. The fourth-order valence-electron chi connectivity index (χ4n) is 1.24. The van der Waals surface area contributed by atoms with Gasteiger partial charge in [0.15, 0.2) is 5.82 Å². The lowest BCUT2D eigenvalue weighted by molar-refractivity contribution is -0.384. The molecule has 1 N–H and O–H groups in total. The monoisotopic (exact) mass is 268 g/mol. The number of halogens is 1. The van der Waals surface area contributed by atoms with E-state index in [4.69, 9.17) is 16.7 Å². The molecule has 0 aliphatic rings. The van der Waals surface area contributed by atoms with Gasteiger partial charge < -0.3 is 5.11 Å². The Morgan fingerprint density at radius 3 is 2.72 bits per heavy atom. The van der Waals surface area contributed by atoms with Gasteiger partial charge in [-0.25, -0.2) is 14.5 Å². The standard InChI is InChI=1S/C9H5ClN4O4/c10-7-1-5(9(15)16)2-11-8(7)13-4-6(3-12-13)14(17)18/h1-4H,(H,15,16). The van der Waals surface area contributed by atoms with Crippen LogP contribution in [0.1, 0.15) is 10.4 Å². The second-order valence-electron chi connectivity index (χ2n) is 3.23. The van der Waals surface area contributed by atoms with E-state index in [0.717, 1.165) is 23.3 Å². The largest absolute Gasteiger partial charge is 0.478 e. The number of carboxylic acid groups (broad SMARTS) is 1. The van der Waals surface area contributed by atoms with E-state index in [1.165, 1.54) is 6.07 Å². The van der Waals surface area contributed by atoms with Crippen LogP contribution in [0.4, 0.5) is 5.69 Å². The van der Waals surface area contributed by atoms with Crippen LogP contribution < -0.4 is 0 Å². The summed E-state index contributed by atoms with van der Waals surface area (Å²) in [6.07, 6.45) is 3.27. The minimum Gasteiger partial charge on any atom is -0.478 e. The molecule has 0 fully saturated rings. The SMILES string of the molecule is O=C(O)c1cnc(-n2cc([N+](=O)[O-])cn2)c(Cl)c1. The molecular weight excluding hydrogens is 264 g/mol. The lowest BCUT2D eigenvalue weighted by Crippen LogP contribution is -2.03. The first-order valence-electron chi connectivity index (χ1n) is 4.57. The molecule has 0 bridgehead atoms. The second kappa shape index (κ2) is 4.41. The summed E-state index contributed by atoms with van der Waals surface area (Å²) in [5, 5.41) is 23.0. The van der Waals surface area contributed by atoms with Crippen molar-refractivity contribution in [1.82, 2.24) is 14.8 Å². The Kier molecular flexibility index (Phi) is 2.94. The van der Waals surface area contributed by atoms with Crippen LogP contribution in [0.15, 0.2) is 24.7 Å². The van der Waals surface area contributed by atoms with Crippen LogP contribution in [0.5, 0.6) is 0 Å². The Balaban J connectivity index is 2.44. The quantitative estimate of drug-likeness (QED) is 0.667. The molecule has 0 spiro atoms. The molecule has 2 aromatic rings. The summed E-state index contributed by atoms with van der Waals surface area (Å²) < 4.78 is 1.10. The third-order valence-electron chi connectivity index (χ3n) is 2.07. The molecule has 0 radical (unpaired) electrons. The highest BCUT2D eigenvalue weighted by molar-refractivity contribution is 6.32. The van der Waals surface area contributed by atoms with Gasteiger partial charge in [-0.05, 0) is 6.07 Å². The topological polar surface area (TPSA) is 111 Å². The molecule has 0 saturated carbocycles. The van der Waals surface area contributed by atoms with Crippen molar-refractivity contribution < 1.29 is 14.8 Å². The van der Waals surface area contributed by atoms with Crippen LogP contribution in [0, 0.1) is 10.1 Å². The van der Waals surface area contributed by atoms with Crippen molar-refractivity contribution >= 4 is 23.3 Å². The molecule has 2 rings (SSSR count). The molecule has 9 heteroatoms. The Hall–Kier alpha value is -2.48. The summed E-state index contributed by atoms with van der Waals surface area (Å²) >= 11 is 5.84. The van der Waals surface area contributed by atoms with Crippen molar-refractivity contribution in [2.75, 3.05) is 0 Å². The van der Waals surface area contributed by atoms with Gasteiger partial charge in [-0.1, -0.05) is 11.6 Å². The van der Waals surface area contributed by atoms with Crippen molar-refractivity contribution in [3.63, 3.8) is 0 Å². The Bertz CT molecular complexity index is 639.